The van der Waals surface area contributed by atoms with Gasteiger partial charge in [0.05, 0.1) is 0 Å². The molecular weight excluding hydrogens is 266 g/mol. The molecule has 1 aromatic rings. The van der Waals surface area contributed by atoms with Crippen molar-refractivity contribution in [2.45, 2.75) is 33.1 Å². The van der Waals surface area contributed by atoms with Gasteiger partial charge in [-0.1, -0.05) is 6.07 Å². The molecule has 0 amide bonds. The van der Waals surface area contributed by atoms with Crippen LogP contribution in [-0.4, -0.2) is 17.3 Å². The molecule has 1 saturated carbocycles. The van der Waals surface area contributed by atoms with Gasteiger partial charge in [-0.05, 0) is 49.6 Å². The molecule has 1 aromatic carbocycles. The highest BCUT2D eigenvalue weighted by Gasteiger charge is 2.34. The van der Waals surface area contributed by atoms with Crippen LogP contribution >= 0.6 is 0 Å². The fraction of sp³-hybridized carbons (Fsp3) is 0.353. The molecule has 0 heterocycles. The van der Waals surface area contributed by atoms with Crippen molar-refractivity contribution in [3.63, 3.8) is 0 Å². The van der Waals surface area contributed by atoms with Crippen molar-refractivity contribution in [1.82, 2.24) is 0 Å². The van der Waals surface area contributed by atoms with Crippen LogP contribution in [0.15, 0.2) is 30.5 Å². The van der Waals surface area contributed by atoms with Gasteiger partial charge in [-0.3, -0.25) is 14.4 Å². The summed E-state index contributed by atoms with van der Waals surface area (Å²) in [6.07, 6.45) is 3.97. The maximum Gasteiger partial charge on any atom is 0.175 e. The molecule has 110 valence electrons. The monoisotopic (exact) mass is 285 g/mol. The van der Waals surface area contributed by atoms with Gasteiger partial charge in [0.2, 0.25) is 0 Å². The second-order valence-electron chi connectivity index (χ2n) is 5.40. The van der Waals surface area contributed by atoms with Crippen LogP contribution in [0.4, 0.5) is 5.69 Å². The number of ketones is 3. The van der Waals surface area contributed by atoms with Gasteiger partial charge in [-0.25, -0.2) is 0 Å². The minimum absolute atomic E-state index is 0.257. The Morgan fingerprint density at radius 3 is 2.43 bits per heavy atom. The normalized spacial score (nSPS) is 16.5. The lowest BCUT2D eigenvalue weighted by molar-refractivity contribution is -0.140. The summed E-state index contributed by atoms with van der Waals surface area (Å²) in [5, 5.41) is 2.99. The van der Waals surface area contributed by atoms with E-state index in [1.54, 1.807) is 0 Å². The maximum absolute atomic E-state index is 12.0. The second kappa shape index (κ2) is 6.48. The van der Waals surface area contributed by atoms with Crippen molar-refractivity contribution >= 4 is 23.0 Å². The number of carbonyl (C=O) groups excluding carboxylic acids is 3. The third-order valence-corrected chi connectivity index (χ3v) is 3.78. The fourth-order valence-electron chi connectivity index (χ4n) is 2.37. The number of benzene rings is 1. The highest BCUT2D eigenvalue weighted by molar-refractivity contribution is 6.23. The molecule has 0 aromatic heterocycles. The zero-order valence-electron chi connectivity index (χ0n) is 12.3. The lowest BCUT2D eigenvalue weighted by Gasteiger charge is -2.16. The molecule has 0 atom stereocenters. The zero-order chi connectivity index (χ0) is 15.4. The van der Waals surface area contributed by atoms with Crippen LogP contribution in [-0.2, 0) is 14.4 Å². The first-order valence-electron chi connectivity index (χ1n) is 7.08. The lowest BCUT2D eigenvalue weighted by Crippen LogP contribution is -2.34. The fourth-order valence-corrected chi connectivity index (χ4v) is 2.37. The largest absolute Gasteiger partial charge is 0.362 e. The first-order valence-corrected chi connectivity index (χ1v) is 7.08. The SMILES string of the molecule is Cc1ccc(N/C=C\C(=O)C2C(=O)CCCC2=O)cc1C. The van der Waals surface area contributed by atoms with Gasteiger partial charge in [0.25, 0.3) is 0 Å². The average molecular weight is 285 g/mol. The van der Waals surface area contributed by atoms with Crippen molar-refractivity contribution in [3.05, 3.63) is 41.6 Å². The van der Waals surface area contributed by atoms with E-state index >= 15 is 0 Å². The Balaban J connectivity index is 2.00. The summed E-state index contributed by atoms with van der Waals surface area (Å²) in [5.74, 6) is -2.03. The van der Waals surface area contributed by atoms with Gasteiger partial charge in [0.15, 0.2) is 17.3 Å². The summed E-state index contributed by atoms with van der Waals surface area (Å²) in [6.45, 7) is 4.04. The van der Waals surface area contributed by atoms with Crippen LogP contribution < -0.4 is 5.32 Å². The Morgan fingerprint density at radius 2 is 1.81 bits per heavy atom. The minimum atomic E-state index is -1.09. The third kappa shape index (κ3) is 3.66. The number of nitrogens with one attached hydrogen (secondary N) is 1. The molecule has 0 spiro atoms. The minimum Gasteiger partial charge on any atom is -0.362 e. The van der Waals surface area contributed by atoms with Crippen molar-refractivity contribution in [1.29, 1.82) is 0 Å². The third-order valence-electron chi connectivity index (χ3n) is 3.78. The number of allylic oxidation sites excluding steroid dienone is 1. The summed E-state index contributed by atoms with van der Waals surface area (Å²) in [6, 6.07) is 5.87. The molecule has 0 bridgehead atoms. The molecule has 1 N–H and O–H groups in total. The topological polar surface area (TPSA) is 63.2 Å². The van der Waals surface area contributed by atoms with E-state index in [9.17, 15) is 14.4 Å². The highest BCUT2D eigenvalue weighted by Crippen LogP contribution is 2.19. The summed E-state index contributed by atoms with van der Waals surface area (Å²) in [5.41, 5.74) is 3.21. The summed E-state index contributed by atoms with van der Waals surface area (Å²) >= 11 is 0. The quantitative estimate of drug-likeness (QED) is 0.682. The van der Waals surface area contributed by atoms with Gasteiger partial charge in [-0.2, -0.15) is 0 Å². The van der Waals surface area contributed by atoms with Crippen LogP contribution in [0.1, 0.15) is 30.4 Å². The van der Waals surface area contributed by atoms with Gasteiger partial charge >= 0.3 is 0 Å². The molecule has 0 saturated heterocycles. The van der Waals surface area contributed by atoms with E-state index in [2.05, 4.69) is 5.32 Å². The van der Waals surface area contributed by atoms with Crippen molar-refractivity contribution < 1.29 is 14.4 Å². The van der Waals surface area contributed by atoms with Crippen LogP contribution in [0.25, 0.3) is 0 Å². The van der Waals surface area contributed by atoms with E-state index in [-0.39, 0.29) is 11.6 Å². The second-order valence-corrected chi connectivity index (χ2v) is 5.40. The van der Waals surface area contributed by atoms with Crippen LogP contribution in [0, 0.1) is 19.8 Å². The molecule has 21 heavy (non-hydrogen) atoms. The average Bonchev–Trinajstić information content (AvgIpc) is 2.42. The van der Waals surface area contributed by atoms with E-state index in [1.807, 2.05) is 32.0 Å². The molecule has 2 rings (SSSR count). The van der Waals surface area contributed by atoms with Crippen molar-refractivity contribution in [2.24, 2.45) is 5.92 Å². The molecule has 0 aliphatic heterocycles. The van der Waals surface area contributed by atoms with Gasteiger partial charge < -0.3 is 5.32 Å². The number of hydrogen-bond donors (Lipinski definition) is 1. The summed E-state index contributed by atoms with van der Waals surface area (Å²) in [7, 11) is 0. The zero-order valence-corrected chi connectivity index (χ0v) is 12.3. The number of aryl methyl sites for hydroxylation is 2. The van der Waals surface area contributed by atoms with E-state index < -0.39 is 11.7 Å². The Kier molecular flexibility index (Phi) is 4.68. The van der Waals surface area contributed by atoms with E-state index in [1.165, 1.54) is 17.8 Å². The maximum atomic E-state index is 12.0. The van der Waals surface area contributed by atoms with E-state index in [0.29, 0.717) is 19.3 Å². The molecule has 0 unspecified atom stereocenters. The molecule has 4 heteroatoms. The van der Waals surface area contributed by atoms with Gasteiger partial charge in [0, 0.05) is 24.7 Å². The highest BCUT2D eigenvalue weighted by atomic mass is 16.2. The molecule has 1 aliphatic carbocycles. The van der Waals surface area contributed by atoms with Crippen molar-refractivity contribution in [2.75, 3.05) is 5.32 Å². The predicted octanol–water partition coefficient (Wildman–Crippen LogP) is 2.74. The number of anilines is 1. The standard InChI is InChI=1S/C17H19NO3/c1-11-6-7-13(10-12(11)2)18-9-8-16(21)17-14(19)4-3-5-15(17)20/h6-10,17-18H,3-5H2,1-2H3/b9-8-. The van der Waals surface area contributed by atoms with E-state index in [4.69, 9.17) is 0 Å². The molecule has 0 radical (unpaired) electrons. The van der Waals surface area contributed by atoms with Gasteiger partial charge in [0.1, 0.15) is 5.92 Å². The Labute approximate surface area is 124 Å². The Hall–Kier alpha value is -2.23. The van der Waals surface area contributed by atoms with Crippen molar-refractivity contribution in [3.8, 4) is 0 Å². The van der Waals surface area contributed by atoms with Crippen LogP contribution in [0.2, 0.25) is 0 Å². The molecule has 1 aliphatic rings. The summed E-state index contributed by atoms with van der Waals surface area (Å²) in [4.78, 5) is 35.3. The summed E-state index contributed by atoms with van der Waals surface area (Å²) < 4.78 is 0. The van der Waals surface area contributed by atoms with Crippen LogP contribution in [0.3, 0.4) is 0 Å². The Morgan fingerprint density at radius 1 is 1.14 bits per heavy atom. The molecule has 1 fully saturated rings. The predicted molar refractivity (Wildman–Crippen MR) is 81.0 cm³/mol. The van der Waals surface area contributed by atoms with Crippen LogP contribution in [0.5, 0.6) is 0 Å². The number of carbonyl (C=O) groups is 3. The Bertz CT molecular complexity index is 600. The molecule has 4 nitrogen and oxygen atoms in total. The van der Waals surface area contributed by atoms with E-state index in [0.717, 1.165) is 11.3 Å². The molecular formula is C17H19NO3. The lowest BCUT2D eigenvalue weighted by atomic mass is 9.84. The number of hydrogen-bond acceptors (Lipinski definition) is 4. The first-order chi connectivity index (χ1) is 9.99. The smallest absolute Gasteiger partial charge is 0.175 e. The number of Topliss-reactive ketones (excluding diaryl/α,β-unsaturated/α-hetero) is 2. The number of rotatable bonds is 4. The van der Waals surface area contributed by atoms with Gasteiger partial charge in [-0.15, -0.1) is 0 Å². The first kappa shape index (κ1) is 15.2.